The molecule has 0 aliphatic heterocycles. The number of hydrogen-bond donors (Lipinski definition) is 0. The molecule has 7 rings (SSSR count). The molecular formula is C22H8N2O4. The Balaban J connectivity index is 1.78. The van der Waals surface area contributed by atoms with E-state index in [-0.39, 0.29) is 33.1 Å². The zero-order chi connectivity index (χ0) is 18.6. The molecule has 0 unspecified atom stereocenters. The second-order valence-corrected chi connectivity index (χ2v) is 6.88. The fourth-order valence-corrected chi connectivity index (χ4v) is 4.20. The third-order valence-corrected chi connectivity index (χ3v) is 5.40. The normalized spacial score (nSPS) is 12.6. The lowest BCUT2D eigenvalue weighted by Gasteiger charge is -1.94. The van der Waals surface area contributed by atoms with Crippen LogP contribution in [0.25, 0.3) is 65.9 Å². The second kappa shape index (κ2) is 4.43. The average Bonchev–Trinajstić information content (AvgIpc) is 3.42. The average molecular weight is 364 g/mol. The van der Waals surface area contributed by atoms with Crippen molar-refractivity contribution in [3.05, 3.63) is 69.0 Å². The van der Waals surface area contributed by atoms with Crippen molar-refractivity contribution in [2.24, 2.45) is 0 Å². The van der Waals surface area contributed by atoms with Gasteiger partial charge in [-0.3, -0.25) is 9.59 Å². The smallest absolute Gasteiger partial charge is 0.249 e. The van der Waals surface area contributed by atoms with Crippen molar-refractivity contribution in [2.45, 2.75) is 0 Å². The molecule has 6 heteroatoms. The first-order chi connectivity index (χ1) is 13.7. The van der Waals surface area contributed by atoms with Gasteiger partial charge in [0.25, 0.3) is 0 Å². The molecule has 0 aliphatic carbocycles. The first-order valence-electron chi connectivity index (χ1n) is 8.77. The standard InChI is InChI=1S/C22H8N2O4/c25-19-17-15(13-9-5-1-3-7-11(9)27-21(13)19)23-18-16(24-17)14-10-6-2-4-8-12(10)28-22(14)20(18)26/h1-8H. The summed E-state index contributed by atoms with van der Waals surface area (Å²) in [4.78, 5) is 35.0. The Kier molecular flexibility index (Phi) is 2.22. The van der Waals surface area contributed by atoms with Crippen molar-refractivity contribution in [3.8, 4) is 0 Å². The molecule has 0 bridgehead atoms. The number of furan rings is 2. The first kappa shape index (κ1) is 14.1. The Bertz CT molecular complexity index is 1720. The van der Waals surface area contributed by atoms with E-state index in [0.717, 1.165) is 10.8 Å². The molecule has 0 saturated carbocycles. The van der Waals surface area contributed by atoms with Crippen LogP contribution < -0.4 is 10.9 Å². The van der Waals surface area contributed by atoms with Crippen molar-refractivity contribution < 1.29 is 8.83 Å². The van der Waals surface area contributed by atoms with Gasteiger partial charge in [-0.25, -0.2) is 9.97 Å². The molecule has 0 saturated heterocycles. The molecule has 6 nitrogen and oxygen atoms in total. The fraction of sp³-hybridized carbons (Fsp3) is 0. The van der Waals surface area contributed by atoms with Crippen molar-refractivity contribution in [1.82, 2.24) is 9.97 Å². The van der Waals surface area contributed by atoms with E-state index >= 15 is 0 Å². The zero-order valence-electron chi connectivity index (χ0n) is 14.1. The maximum absolute atomic E-state index is 12.9. The number of hydrogen-bond acceptors (Lipinski definition) is 6. The van der Waals surface area contributed by atoms with Gasteiger partial charge in [-0.1, -0.05) is 36.4 Å². The van der Waals surface area contributed by atoms with E-state index in [1.54, 1.807) is 12.1 Å². The quantitative estimate of drug-likeness (QED) is 0.401. The Morgan fingerprint density at radius 3 is 1.46 bits per heavy atom. The van der Waals surface area contributed by atoms with Crippen LogP contribution in [0.3, 0.4) is 0 Å². The molecule has 0 fully saturated rings. The lowest BCUT2D eigenvalue weighted by Crippen LogP contribution is -2.00. The lowest BCUT2D eigenvalue weighted by molar-refractivity contribution is 0.666. The predicted molar refractivity (Wildman–Crippen MR) is 107 cm³/mol. The minimum Gasteiger partial charge on any atom is -0.452 e. The molecule has 28 heavy (non-hydrogen) atoms. The molecule has 0 radical (unpaired) electrons. The number of fused-ring (bicyclic) bond motifs is 10. The van der Waals surface area contributed by atoms with E-state index in [2.05, 4.69) is 9.97 Å². The van der Waals surface area contributed by atoms with Crippen molar-refractivity contribution in [2.75, 3.05) is 0 Å². The summed E-state index contributed by atoms with van der Waals surface area (Å²) in [6.07, 6.45) is 0. The molecule has 3 heterocycles. The highest BCUT2D eigenvalue weighted by molar-refractivity contribution is 6.24. The molecule has 0 spiro atoms. The van der Waals surface area contributed by atoms with Gasteiger partial charge >= 0.3 is 0 Å². The van der Waals surface area contributed by atoms with E-state index in [9.17, 15) is 9.59 Å². The van der Waals surface area contributed by atoms with Crippen LogP contribution in [0.15, 0.2) is 67.0 Å². The summed E-state index contributed by atoms with van der Waals surface area (Å²) in [7, 11) is 0. The van der Waals surface area contributed by atoms with Gasteiger partial charge in [0, 0.05) is 10.8 Å². The molecule has 7 aromatic rings. The number of rotatable bonds is 0. The van der Waals surface area contributed by atoms with Gasteiger partial charge in [0.2, 0.25) is 10.9 Å². The molecule has 0 amide bonds. The Labute approximate surface area is 154 Å². The van der Waals surface area contributed by atoms with Crippen LogP contribution in [0.5, 0.6) is 0 Å². The SMILES string of the molecule is O=c1c2nc3c(nc2c2c1oc1ccccc12)c(=O)c1oc2ccccc2c13. The predicted octanol–water partition coefficient (Wildman–Crippen LogP) is 4.18. The number of aromatic nitrogens is 2. The van der Waals surface area contributed by atoms with Gasteiger partial charge in [0.1, 0.15) is 33.2 Å². The summed E-state index contributed by atoms with van der Waals surface area (Å²) in [5, 5.41) is 2.77. The molecule has 0 aliphatic rings. The van der Waals surface area contributed by atoms with Gasteiger partial charge in [-0.2, -0.15) is 0 Å². The van der Waals surface area contributed by atoms with Crippen molar-refractivity contribution >= 4 is 65.9 Å². The molecule has 3 aromatic heterocycles. The number of para-hydroxylation sites is 2. The molecule has 130 valence electrons. The summed E-state index contributed by atoms with van der Waals surface area (Å²) in [5.74, 6) is 0. The third kappa shape index (κ3) is 1.43. The van der Waals surface area contributed by atoms with E-state index in [1.165, 1.54) is 0 Å². The van der Waals surface area contributed by atoms with Gasteiger partial charge in [0.05, 0.1) is 10.8 Å². The van der Waals surface area contributed by atoms with Crippen LogP contribution >= 0.6 is 0 Å². The van der Waals surface area contributed by atoms with Gasteiger partial charge in [0.15, 0.2) is 11.2 Å². The molecule has 0 atom stereocenters. The van der Waals surface area contributed by atoms with E-state index in [0.29, 0.717) is 33.0 Å². The largest absolute Gasteiger partial charge is 0.452 e. The lowest BCUT2D eigenvalue weighted by atomic mass is 10.2. The topological polar surface area (TPSA) is 86.2 Å². The van der Waals surface area contributed by atoms with Crippen LogP contribution in [0.2, 0.25) is 0 Å². The maximum Gasteiger partial charge on any atom is 0.249 e. The van der Waals surface area contributed by atoms with Crippen LogP contribution in [0.4, 0.5) is 0 Å². The van der Waals surface area contributed by atoms with E-state index < -0.39 is 0 Å². The first-order valence-corrected chi connectivity index (χ1v) is 8.77. The fourth-order valence-electron chi connectivity index (χ4n) is 4.20. The summed E-state index contributed by atoms with van der Waals surface area (Å²) < 4.78 is 11.5. The highest BCUT2D eigenvalue weighted by Gasteiger charge is 2.25. The minimum atomic E-state index is -0.315. The maximum atomic E-state index is 12.9. The summed E-state index contributed by atoms with van der Waals surface area (Å²) in [5.41, 5.74) is 2.26. The van der Waals surface area contributed by atoms with E-state index in [4.69, 9.17) is 8.83 Å². The Hall–Kier alpha value is -4.06. The van der Waals surface area contributed by atoms with Crippen molar-refractivity contribution in [1.29, 1.82) is 0 Å². The van der Waals surface area contributed by atoms with Gasteiger partial charge < -0.3 is 8.83 Å². The molecule has 4 aromatic carbocycles. The van der Waals surface area contributed by atoms with Crippen molar-refractivity contribution in [3.63, 3.8) is 0 Å². The number of benzene rings is 2. The Morgan fingerprint density at radius 2 is 1.00 bits per heavy atom. The molecular weight excluding hydrogens is 356 g/mol. The summed E-state index contributed by atoms with van der Waals surface area (Å²) in [6, 6.07) is 14.8. The highest BCUT2D eigenvalue weighted by atomic mass is 16.3. The second-order valence-electron chi connectivity index (χ2n) is 6.88. The number of nitrogens with zero attached hydrogens (tertiary/aromatic N) is 2. The summed E-state index contributed by atoms with van der Waals surface area (Å²) in [6.45, 7) is 0. The zero-order valence-corrected chi connectivity index (χ0v) is 14.1. The summed E-state index contributed by atoms with van der Waals surface area (Å²) >= 11 is 0. The highest BCUT2D eigenvalue weighted by Crippen LogP contribution is 2.36. The van der Waals surface area contributed by atoms with Crippen LogP contribution in [0, 0.1) is 0 Å². The Morgan fingerprint density at radius 1 is 0.571 bits per heavy atom. The van der Waals surface area contributed by atoms with Gasteiger partial charge in [-0.15, -0.1) is 0 Å². The van der Waals surface area contributed by atoms with Gasteiger partial charge in [-0.05, 0) is 12.1 Å². The van der Waals surface area contributed by atoms with Crippen LogP contribution in [-0.2, 0) is 0 Å². The monoisotopic (exact) mass is 364 g/mol. The van der Waals surface area contributed by atoms with Crippen LogP contribution in [-0.4, -0.2) is 9.97 Å². The minimum absolute atomic E-state index is 0.212. The third-order valence-electron chi connectivity index (χ3n) is 5.40. The molecule has 0 N–H and O–H groups in total. The van der Waals surface area contributed by atoms with Crippen LogP contribution in [0.1, 0.15) is 0 Å². The van der Waals surface area contributed by atoms with E-state index in [1.807, 2.05) is 36.4 Å².